The minimum atomic E-state index is 0.413. The highest BCUT2D eigenvalue weighted by Crippen LogP contribution is 2.40. The fourth-order valence-corrected chi connectivity index (χ4v) is 1.99. The molecule has 0 atom stereocenters. The van der Waals surface area contributed by atoms with Crippen LogP contribution in [0, 0.1) is 18.3 Å². The van der Waals surface area contributed by atoms with Gasteiger partial charge in [-0.1, -0.05) is 11.6 Å². The first-order valence-corrected chi connectivity index (χ1v) is 6.77. The van der Waals surface area contributed by atoms with Crippen molar-refractivity contribution >= 4 is 11.6 Å². The van der Waals surface area contributed by atoms with Crippen molar-refractivity contribution in [1.29, 1.82) is 5.26 Å². The van der Waals surface area contributed by atoms with Gasteiger partial charge in [-0.25, -0.2) is 4.98 Å². The van der Waals surface area contributed by atoms with Gasteiger partial charge >= 0.3 is 0 Å². The van der Waals surface area contributed by atoms with Crippen molar-refractivity contribution in [3.63, 3.8) is 0 Å². The van der Waals surface area contributed by atoms with Crippen LogP contribution in [0.5, 0.6) is 11.6 Å². The lowest BCUT2D eigenvalue weighted by atomic mass is 10.2. The number of halogens is 1. The molecule has 0 N–H and O–H groups in total. The second kappa shape index (κ2) is 5.10. The molecule has 1 aliphatic rings. The Balaban J connectivity index is 1.90. The van der Waals surface area contributed by atoms with E-state index in [4.69, 9.17) is 21.6 Å². The van der Waals surface area contributed by atoms with E-state index < -0.39 is 0 Å². The van der Waals surface area contributed by atoms with E-state index in [1.54, 1.807) is 24.3 Å². The van der Waals surface area contributed by atoms with Crippen molar-refractivity contribution in [3.05, 3.63) is 46.4 Å². The van der Waals surface area contributed by atoms with Gasteiger partial charge in [0.15, 0.2) is 0 Å². The van der Waals surface area contributed by atoms with Crippen molar-refractivity contribution in [3.8, 4) is 17.7 Å². The van der Waals surface area contributed by atoms with E-state index >= 15 is 0 Å². The number of nitriles is 1. The zero-order valence-corrected chi connectivity index (χ0v) is 11.7. The highest BCUT2D eigenvalue weighted by Gasteiger charge is 2.28. The largest absolute Gasteiger partial charge is 0.439 e. The standard InChI is InChI=1S/C15H12ClN3O/c1-9-13(16)18-14(11-4-5-11)19-15(9)20-12-6-2-10(8-17)3-7-12/h2-3,6-7,11H,4-5H2,1H3. The summed E-state index contributed by atoms with van der Waals surface area (Å²) in [7, 11) is 0. The quantitative estimate of drug-likeness (QED) is 0.800. The van der Waals surface area contributed by atoms with Crippen LogP contribution < -0.4 is 4.74 Å². The van der Waals surface area contributed by atoms with Crippen LogP contribution in [0.2, 0.25) is 5.15 Å². The van der Waals surface area contributed by atoms with E-state index in [0.717, 1.165) is 24.2 Å². The summed E-state index contributed by atoms with van der Waals surface area (Å²) in [5.74, 6) is 2.28. The molecule has 0 aliphatic heterocycles. The summed E-state index contributed by atoms with van der Waals surface area (Å²) in [6, 6.07) is 8.96. The molecule has 0 radical (unpaired) electrons. The number of hydrogen-bond donors (Lipinski definition) is 0. The number of hydrogen-bond acceptors (Lipinski definition) is 4. The van der Waals surface area contributed by atoms with Crippen LogP contribution in [0.4, 0.5) is 0 Å². The number of ether oxygens (including phenoxy) is 1. The van der Waals surface area contributed by atoms with Gasteiger partial charge in [0, 0.05) is 11.5 Å². The highest BCUT2D eigenvalue weighted by atomic mass is 35.5. The molecule has 1 fully saturated rings. The molecule has 20 heavy (non-hydrogen) atoms. The van der Waals surface area contributed by atoms with E-state index in [1.807, 2.05) is 6.92 Å². The molecule has 5 heteroatoms. The van der Waals surface area contributed by atoms with Gasteiger partial charge in [-0.05, 0) is 44.0 Å². The molecule has 100 valence electrons. The molecular weight excluding hydrogens is 274 g/mol. The van der Waals surface area contributed by atoms with Gasteiger partial charge in [-0.3, -0.25) is 0 Å². The summed E-state index contributed by atoms with van der Waals surface area (Å²) >= 11 is 6.13. The topological polar surface area (TPSA) is 58.8 Å². The maximum atomic E-state index is 8.77. The summed E-state index contributed by atoms with van der Waals surface area (Å²) in [4.78, 5) is 8.75. The molecule has 1 aromatic heterocycles. The number of nitrogens with zero attached hydrogens (tertiary/aromatic N) is 3. The number of aromatic nitrogens is 2. The predicted molar refractivity (Wildman–Crippen MR) is 75.0 cm³/mol. The minimum Gasteiger partial charge on any atom is -0.439 e. The van der Waals surface area contributed by atoms with Crippen molar-refractivity contribution in [1.82, 2.24) is 9.97 Å². The zero-order chi connectivity index (χ0) is 14.1. The average molecular weight is 286 g/mol. The molecule has 1 saturated carbocycles. The Morgan fingerprint density at radius 3 is 2.55 bits per heavy atom. The molecule has 1 aromatic carbocycles. The van der Waals surface area contributed by atoms with E-state index in [-0.39, 0.29) is 0 Å². The van der Waals surface area contributed by atoms with Gasteiger partial charge in [-0.2, -0.15) is 10.2 Å². The molecule has 2 aromatic rings. The van der Waals surface area contributed by atoms with Crippen molar-refractivity contribution in [2.24, 2.45) is 0 Å². The fourth-order valence-electron chi connectivity index (χ4n) is 1.82. The third kappa shape index (κ3) is 2.59. The minimum absolute atomic E-state index is 0.413. The molecule has 0 unspecified atom stereocenters. The summed E-state index contributed by atoms with van der Waals surface area (Å²) in [5.41, 5.74) is 1.31. The van der Waals surface area contributed by atoms with Crippen LogP contribution in [0.1, 0.15) is 35.7 Å². The van der Waals surface area contributed by atoms with Gasteiger partial charge in [0.25, 0.3) is 0 Å². The predicted octanol–water partition coefficient (Wildman–Crippen LogP) is 3.98. The third-order valence-corrected chi connectivity index (χ3v) is 3.57. The van der Waals surface area contributed by atoms with Crippen LogP contribution in [0.25, 0.3) is 0 Å². The number of rotatable bonds is 3. The molecule has 0 saturated heterocycles. The SMILES string of the molecule is Cc1c(Cl)nc(C2CC2)nc1Oc1ccc(C#N)cc1. The Kier molecular flexibility index (Phi) is 3.29. The molecule has 4 nitrogen and oxygen atoms in total. The first-order chi connectivity index (χ1) is 9.67. The number of benzene rings is 1. The second-order valence-electron chi connectivity index (χ2n) is 4.82. The van der Waals surface area contributed by atoms with Gasteiger partial charge in [0.2, 0.25) is 5.88 Å². The van der Waals surface area contributed by atoms with Gasteiger partial charge in [-0.15, -0.1) is 0 Å². The van der Waals surface area contributed by atoms with E-state index in [2.05, 4.69) is 16.0 Å². The van der Waals surface area contributed by atoms with E-state index in [0.29, 0.717) is 28.3 Å². The fraction of sp³-hybridized carbons (Fsp3) is 0.267. The lowest BCUT2D eigenvalue weighted by Crippen LogP contribution is -2.00. The zero-order valence-electron chi connectivity index (χ0n) is 10.9. The van der Waals surface area contributed by atoms with E-state index in [9.17, 15) is 0 Å². The molecular formula is C15H12ClN3O. The molecule has 0 amide bonds. The first kappa shape index (κ1) is 12.9. The molecule has 1 heterocycles. The normalized spacial score (nSPS) is 13.8. The first-order valence-electron chi connectivity index (χ1n) is 6.39. The second-order valence-corrected chi connectivity index (χ2v) is 5.17. The summed E-state index contributed by atoms with van der Waals surface area (Å²) in [6.07, 6.45) is 2.21. The van der Waals surface area contributed by atoms with Gasteiger partial charge in [0.1, 0.15) is 16.7 Å². The van der Waals surface area contributed by atoms with Crippen LogP contribution in [0.3, 0.4) is 0 Å². The Bertz CT molecular complexity index is 688. The molecule has 3 rings (SSSR count). The Labute approximate surface area is 122 Å². The molecule has 0 spiro atoms. The van der Waals surface area contributed by atoms with Crippen LogP contribution >= 0.6 is 11.6 Å². The Morgan fingerprint density at radius 2 is 1.95 bits per heavy atom. The van der Waals surface area contributed by atoms with Gasteiger partial charge in [0.05, 0.1) is 11.6 Å². The lowest BCUT2D eigenvalue weighted by Gasteiger charge is -2.10. The van der Waals surface area contributed by atoms with Crippen molar-refractivity contribution in [2.75, 3.05) is 0 Å². The van der Waals surface area contributed by atoms with E-state index in [1.165, 1.54) is 0 Å². The van der Waals surface area contributed by atoms with Crippen LogP contribution in [-0.4, -0.2) is 9.97 Å². The maximum absolute atomic E-state index is 8.77. The maximum Gasteiger partial charge on any atom is 0.226 e. The monoisotopic (exact) mass is 285 g/mol. The van der Waals surface area contributed by atoms with Crippen LogP contribution in [-0.2, 0) is 0 Å². The average Bonchev–Trinajstić information content (AvgIpc) is 3.29. The smallest absolute Gasteiger partial charge is 0.226 e. The summed E-state index contributed by atoms with van der Waals surface area (Å²) in [6.45, 7) is 1.83. The summed E-state index contributed by atoms with van der Waals surface area (Å²) < 4.78 is 5.76. The van der Waals surface area contributed by atoms with Crippen molar-refractivity contribution < 1.29 is 4.74 Å². The molecule has 1 aliphatic carbocycles. The van der Waals surface area contributed by atoms with Crippen molar-refractivity contribution in [2.45, 2.75) is 25.7 Å². The third-order valence-electron chi connectivity index (χ3n) is 3.20. The Morgan fingerprint density at radius 1 is 1.25 bits per heavy atom. The van der Waals surface area contributed by atoms with Crippen LogP contribution in [0.15, 0.2) is 24.3 Å². The van der Waals surface area contributed by atoms with Gasteiger partial charge < -0.3 is 4.74 Å². The highest BCUT2D eigenvalue weighted by molar-refractivity contribution is 6.30. The Hall–Kier alpha value is -2.12. The molecule has 0 bridgehead atoms. The lowest BCUT2D eigenvalue weighted by molar-refractivity contribution is 0.454. The summed E-state index contributed by atoms with van der Waals surface area (Å²) in [5, 5.41) is 9.21.